The maximum atomic E-state index is 14.5. The molecule has 11 heteroatoms. The van der Waals surface area contributed by atoms with Gasteiger partial charge in [-0.3, -0.25) is 9.59 Å². The maximum absolute atomic E-state index is 14.5. The van der Waals surface area contributed by atoms with E-state index in [1.54, 1.807) is 0 Å². The largest absolute Gasteiger partial charge is 0.394 e. The van der Waals surface area contributed by atoms with Gasteiger partial charge in [-0.15, -0.1) is 0 Å². The molecule has 1 saturated heterocycles. The van der Waals surface area contributed by atoms with Gasteiger partial charge >= 0.3 is 0 Å². The summed E-state index contributed by atoms with van der Waals surface area (Å²) in [4.78, 5) is 26.5. The molecular weight excluding hydrogens is 491 g/mol. The molecule has 2 aliphatic rings. The third-order valence-corrected chi connectivity index (χ3v) is 7.05. The Morgan fingerprint density at radius 2 is 1.94 bits per heavy atom. The van der Waals surface area contributed by atoms with Gasteiger partial charge in [0, 0.05) is 24.7 Å². The van der Waals surface area contributed by atoms with E-state index < -0.39 is 46.9 Å². The number of halogens is 4. The third kappa shape index (κ3) is 4.27. The molecule has 2 amide bonds. The highest BCUT2D eigenvalue weighted by Crippen LogP contribution is 2.52. The summed E-state index contributed by atoms with van der Waals surface area (Å²) in [5, 5.41) is 26.7. The molecule has 2 aromatic carbocycles. The number of carbonyl (C=O) groups excluding carboxylic acids is 2. The van der Waals surface area contributed by atoms with Gasteiger partial charge in [-0.2, -0.15) is 0 Å². The number of carbonyl (C=O) groups is 2. The van der Waals surface area contributed by atoms with Crippen molar-refractivity contribution in [3.8, 4) is 0 Å². The van der Waals surface area contributed by atoms with E-state index in [2.05, 4.69) is 16.0 Å². The predicted octanol–water partition coefficient (Wildman–Crippen LogP) is 2.47. The fourth-order valence-corrected chi connectivity index (χ4v) is 5.17. The molecule has 4 atom stereocenters. The summed E-state index contributed by atoms with van der Waals surface area (Å²) in [5.74, 6) is -3.05. The lowest BCUT2D eigenvalue weighted by Crippen LogP contribution is -2.46. The quantitative estimate of drug-likeness (QED) is 0.365. The summed E-state index contributed by atoms with van der Waals surface area (Å²) in [5.41, 5.74) is -0.239. The summed E-state index contributed by atoms with van der Waals surface area (Å²) in [6.07, 6.45) is -0.156. The van der Waals surface area contributed by atoms with Crippen LogP contribution in [0.1, 0.15) is 29.9 Å². The minimum atomic E-state index is -1.36. The average Bonchev–Trinajstić information content (AvgIpc) is 3.33. The highest BCUT2D eigenvalue weighted by atomic mass is 35.5. The number of hydrogen-bond acceptors (Lipinski definition) is 5. The number of aliphatic hydroxyl groups is 2. The molecular formula is C23H23Cl2F2N3O4. The minimum Gasteiger partial charge on any atom is -0.394 e. The normalized spacial score (nSPS) is 24.2. The van der Waals surface area contributed by atoms with Gasteiger partial charge in [0.05, 0.1) is 34.2 Å². The second-order valence-corrected chi connectivity index (χ2v) is 9.33. The molecule has 182 valence electrons. The van der Waals surface area contributed by atoms with Crippen LogP contribution < -0.4 is 16.0 Å². The number of benzene rings is 2. The Kier molecular flexibility index (Phi) is 7.12. The minimum absolute atomic E-state index is 0.0217. The zero-order valence-corrected chi connectivity index (χ0v) is 19.4. The van der Waals surface area contributed by atoms with E-state index in [1.807, 2.05) is 0 Å². The summed E-state index contributed by atoms with van der Waals surface area (Å²) in [6.45, 7) is -0.123. The summed E-state index contributed by atoms with van der Waals surface area (Å²) in [7, 11) is 0. The molecule has 0 radical (unpaired) electrons. The van der Waals surface area contributed by atoms with E-state index in [9.17, 15) is 23.5 Å². The summed E-state index contributed by atoms with van der Waals surface area (Å²) in [6, 6.07) is 5.58. The molecule has 2 heterocycles. The van der Waals surface area contributed by atoms with Crippen molar-refractivity contribution in [2.45, 2.75) is 36.3 Å². The van der Waals surface area contributed by atoms with E-state index in [4.69, 9.17) is 28.3 Å². The first-order chi connectivity index (χ1) is 16.2. The molecule has 4 rings (SSSR count). The van der Waals surface area contributed by atoms with Crippen molar-refractivity contribution in [2.24, 2.45) is 0 Å². The van der Waals surface area contributed by atoms with Crippen LogP contribution in [0.4, 0.5) is 14.5 Å². The van der Waals surface area contributed by atoms with E-state index in [0.717, 1.165) is 6.07 Å². The highest BCUT2D eigenvalue weighted by molar-refractivity contribution is 6.31. The zero-order chi connectivity index (χ0) is 24.6. The Balaban J connectivity index is 1.71. The lowest BCUT2D eigenvalue weighted by atomic mass is 9.68. The second-order valence-electron chi connectivity index (χ2n) is 8.52. The Hall–Kier alpha value is -2.30. The molecule has 0 saturated carbocycles. The SMILES string of the molecule is O=C(NCCC[C@H](O)CO)[C@@H]1NC[C@]2(C(=O)Nc3cc(Cl)c(F)cc32)[C@H]1c1ccc(F)c(Cl)c1. The van der Waals surface area contributed by atoms with Gasteiger partial charge in [0.1, 0.15) is 11.6 Å². The predicted molar refractivity (Wildman–Crippen MR) is 123 cm³/mol. The summed E-state index contributed by atoms with van der Waals surface area (Å²) >= 11 is 11.9. The molecule has 0 aromatic heterocycles. The van der Waals surface area contributed by atoms with Crippen molar-refractivity contribution < 1.29 is 28.6 Å². The van der Waals surface area contributed by atoms with Gasteiger partial charge in [-0.1, -0.05) is 29.3 Å². The Morgan fingerprint density at radius 1 is 1.21 bits per heavy atom. The molecule has 2 aromatic rings. The molecule has 2 aliphatic heterocycles. The molecule has 0 aliphatic carbocycles. The van der Waals surface area contributed by atoms with Crippen LogP contribution in [-0.2, 0) is 15.0 Å². The lowest BCUT2D eigenvalue weighted by Gasteiger charge is -2.31. The topological polar surface area (TPSA) is 111 Å². The van der Waals surface area contributed by atoms with Crippen LogP contribution >= 0.6 is 23.2 Å². The first-order valence-corrected chi connectivity index (χ1v) is 11.5. The fourth-order valence-electron chi connectivity index (χ4n) is 4.82. The van der Waals surface area contributed by atoms with Gasteiger partial charge in [-0.25, -0.2) is 8.78 Å². The van der Waals surface area contributed by atoms with Crippen LogP contribution in [0.5, 0.6) is 0 Å². The standard InChI is InChI=1S/C23H23Cl2F2N3O4/c24-14-6-11(3-4-16(14)26)19-20(21(33)28-5-1-2-12(32)9-31)29-10-23(19)13-7-17(27)15(25)8-18(13)30-22(23)34/h3-4,6-8,12,19-20,29,31-32H,1-2,5,9-10H2,(H,28,33)(H,30,34)/t12-,19-,20+,23+/m0/s1. The number of fused-ring (bicyclic) bond motifs is 2. The molecule has 7 nitrogen and oxygen atoms in total. The first kappa shape index (κ1) is 24.8. The third-order valence-electron chi connectivity index (χ3n) is 6.47. The van der Waals surface area contributed by atoms with E-state index in [-0.39, 0.29) is 29.7 Å². The number of rotatable bonds is 7. The number of hydrogen-bond donors (Lipinski definition) is 5. The van der Waals surface area contributed by atoms with Gasteiger partial charge in [-0.05, 0) is 48.2 Å². The van der Waals surface area contributed by atoms with Crippen molar-refractivity contribution in [3.05, 3.63) is 63.1 Å². The first-order valence-electron chi connectivity index (χ1n) is 10.7. The Morgan fingerprint density at radius 3 is 2.65 bits per heavy atom. The van der Waals surface area contributed by atoms with Crippen LogP contribution in [0.2, 0.25) is 10.0 Å². The molecule has 0 unspecified atom stereocenters. The molecule has 1 fully saturated rings. The van der Waals surface area contributed by atoms with Crippen LogP contribution in [0, 0.1) is 11.6 Å². The van der Waals surface area contributed by atoms with Crippen molar-refractivity contribution in [1.82, 2.24) is 10.6 Å². The van der Waals surface area contributed by atoms with Gasteiger partial charge < -0.3 is 26.2 Å². The highest BCUT2D eigenvalue weighted by Gasteiger charge is 2.60. The number of aliphatic hydroxyl groups excluding tert-OH is 2. The summed E-state index contributed by atoms with van der Waals surface area (Å²) < 4.78 is 28.4. The maximum Gasteiger partial charge on any atom is 0.237 e. The molecule has 0 bridgehead atoms. The van der Waals surface area contributed by atoms with Crippen LogP contribution in [-0.4, -0.2) is 53.9 Å². The molecule has 34 heavy (non-hydrogen) atoms. The Bertz CT molecular complexity index is 1140. The van der Waals surface area contributed by atoms with Crippen LogP contribution in [0.15, 0.2) is 30.3 Å². The van der Waals surface area contributed by atoms with E-state index in [0.29, 0.717) is 29.7 Å². The number of amides is 2. The van der Waals surface area contributed by atoms with Crippen molar-refractivity contribution in [2.75, 3.05) is 25.0 Å². The average molecular weight is 514 g/mol. The smallest absolute Gasteiger partial charge is 0.237 e. The lowest BCUT2D eigenvalue weighted by molar-refractivity contribution is -0.123. The van der Waals surface area contributed by atoms with E-state index >= 15 is 0 Å². The van der Waals surface area contributed by atoms with Crippen molar-refractivity contribution in [1.29, 1.82) is 0 Å². The van der Waals surface area contributed by atoms with Gasteiger partial charge in [0.15, 0.2) is 0 Å². The number of anilines is 1. The zero-order valence-electron chi connectivity index (χ0n) is 17.9. The monoisotopic (exact) mass is 513 g/mol. The van der Waals surface area contributed by atoms with Gasteiger partial charge in [0.2, 0.25) is 11.8 Å². The van der Waals surface area contributed by atoms with E-state index in [1.165, 1.54) is 24.3 Å². The van der Waals surface area contributed by atoms with Crippen molar-refractivity contribution >= 4 is 40.7 Å². The number of nitrogens with one attached hydrogen (secondary N) is 3. The van der Waals surface area contributed by atoms with Crippen molar-refractivity contribution in [3.63, 3.8) is 0 Å². The van der Waals surface area contributed by atoms with Gasteiger partial charge in [0.25, 0.3) is 0 Å². The second kappa shape index (κ2) is 9.75. The Labute approximate surface area is 204 Å². The van der Waals surface area contributed by atoms with Crippen LogP contribution in [0.3, 0.4) is 0 Å². The molecule has 5 N–H and O–H groups in total. The fraction of sp³-hybridized carbons (Fsp3) is 0.391. The molecule has 1 spiro atoms. The van der Waals surface area contributed by atoms with Crippen LogP contribution in [0.25, 0.3) is 0 Å².